The summed E-state index contributed by atoms with van der Waals surface area (Å²) >= 11 is 0. The Morgan fingerprint density at radius 2 is 1.89 bits per heavy atom. The van der Waals surface area contributed by atoms with Crippen LogP contribution in [0.25, 0.3) is 0 Å². The number of cyclic esters (lactones) is 1. The van der Waals surface area contributed by atoms with Crippen LogP contribution in [0.3, 0.4) is 0 Å². The Morgan fingerprint density at radius 1 is 1.20 bits per heavy atom. The topological polar surface area (TPSA) is 88.5 Å². The van der Waals surface area contributed by atoms with E-state index < -0.39 is 23.5 Å². The van der Waals surface area contributed by atoms with Gasteiger partial charge in [0.25, 0.3) is 0 Å². The third-order valence-corrected chi connectivity index (χ3v) is 6.29. The van der Waals surface area contributed by atoms with Crippen LogP contribution in [0.2, 0.25) is 0 Å². The van der Waals surface area contributed by atoms with E-state index in [4.69, 9.17) is 14.2 Å². The molecular weight excluding hydrogens is 563 g/mol. The van der Waals surface area contributed by atoms with Gasteiger partial charge in [-0.15, -0.1) is 0 Å². The number of halogens is 1. The molecule has 0 aliphatic carbocycles. The van der Waals surface area contributed by atoms with E-state index in [2.05, 4.69) is 24.6 Å². The van der Waals surface area contributed by atoms with Gasteiger partial charge in [-0.2, -0.15) is 0 Å². The van der Waals surface area contributed by atoms with Crippen LogP contribution in [-0.2, 0) is 19.0 Å². The molecule has 9 heteroatoms. The zero-order chi connectivity index (χ0) is 33.7. The molecule has 1 rings (SSSR count). The quantitative estimate of drug-likeness (QED) is 0.0907. The molecule has 1 atom stereocenters. The first-order chi connectivity index (χ1) is 20.9. The number of likely N-dealkylation sites (N-methyl/N-ethyl adjacent to an activating group) is 1. The van der Waals surface area contributed by atoms with Crippen LogP contribution in [0.4, 0.5) is 9.18 Å². The second-order valence-electron chi connectivity index (χ2n) is 10.00. The summed E-state index contributed by atoms with van der Waals surface area (Å²) in [4.78, 5) is 27.6. The number of amides is 1. The minimum absolute atomic E-state index is 0.0675. The van der Waals surface area contributed by atoms with Gasteiger partial charge in [0.1, 0.15) is 22.9 Å². The molecule has 1 unspecified atom stereocenters. The third kappa shape index (κ3) is 15.9. The minimum atomic E-state index is -1.09. The van der Waals surface area contributed by atoms with E-state index in [-0.39, 0.29) is 12.1 Å². The van der Waals surface area contributed by atoms with Crippen LogP contribution in [0.15, 0.2) is 108 Å². The Morgan fingerprint density at radius 3 is 2.43 bits per heavy atom. The number of allylic oxidation sites excluding steroid dienone is 8. The number of aliphatic carboxylic acids is 1. The second-order valence-corrected chi connectivity index (χ2v) is 10.00. The van der Waals surface area contributed by atoms with Crippen molar-refractivity contribution in [3.8, 4) is 0 Å². The first-order valence-corrected chi connectivity index (χ1v) is 14.7. The predicted octanol–water partition coefficient (Wildman–Crippen LogP) is 7.68. The van der Waals surface area contributed by atoms with E-state index >= 15 is 0 Å². The maximum Gasteiger partial charge on any atom is 0.410 e. The van der Waals surface area contributed by atoms with Crippen LogP contribution in [0.5, 0.6) is 0 Å². The maximum absolute atomic E-state index is 13.1. The van der Waals surface area contributed by atoms with Gasteiger partial charge >= 0.3 is 12.1 Å². The number of rotatable bonds is 19. The molecule has 244 valence electrons. The predicted molar refractivity (Wildman–Crippen MR) is 177 cm³/mol. The molecule has 1 fully saturated rings. The van der Waals surface area contributed by atoms with Gasteiger partial charge in [0, 0.05) is 32.5 Å². The number of nitrogens with zero attached hydrogens (tertiary/aromatic N) is 2. The first-order valence-electron chi connectivity index (χ1n) is 14.7. The molecule has 1 saturated heterocycles. The van der Waals surface area contributed by atoms with E-state index in [0.29, 0.717) is 50.6 Å². The van der Waals surface area contributed by atoms with Gasteiger partial charge in [0.15, 0.2) is 0 Å². The van der Waals surface area contributed by atoms with Gasteiger partial charge in [0.05, 0.1) is 25.8 Å². The van der Waals surface area contributed by atoms with Crippen molar-refractivity contribution in [2.24, 2.45) is 0 Å². The third-order valence-electron chi connectivity index (χ3n) is 6.29. The molecule has 1 aliphatic rings. The smallest absolute Gasteiger partial charge is 0.410 e. The number of hydrogen-bond acceptors (Lipinski definition) is 6. The average molecular weight is 615 g/mol. The van der Waals surface area contributed by atoms with Crippen molar-refractivity contribution in [3.05, 3.63) is 108 Å². The molecule has 0 aromatic rings. The number of carbonyl (C=O) groups excluding carboxylic acids is 1. The van der Waals surface area contributed by atoms with Gasteiger partial charge in [-0.25, -0.2) is 14.0 Å². The molecule has 1 aliphatic heterocycles. The van der Waals surface area contributed by atoms with Gasteiger partial charge in [-0.05, 0) is 63.3 Å². The standard InChI is InChI=1S/C33H45FN2O6.C2H6/c1-9-12-13-29(31(37)38)16-18-36-24-33(6,42-32(36)39)17-19-35(7)23-28(20-26(5)41-11-3)22-30(40-8)21-27(10-2)15-14-25(4)34;1-2/h9-10,12-16,20,22H,1,4-5,11,17-19,21,23-24H2,2-3,6-8H3,(H,37,38);1-2H3/b13-12-,15-14-,27-10+,28-20+,29-16+,30-22+;. The lowest BCUT2D eigenvalue weighted by Crippen LogP contribution is -2.36. The van der Waals surface area contributed by atoms with Crippen molar-refractivity contribution >= 4 is 12.1 Å². The number of carboxylic acids is 1. The lowest BCUT2D eigenvalue weighted by molar-refractivity contribution is -0.132. The Bertz CT molecular complexity index is 1180. The summed E-state index contributed by atoms with van der Waals surface area (Å²) in [6.45, 7) is 22.4. The number of hydrogen-bond donors (Lipinski definition) is 1. The number of carbonyl (C=O) groups is 2. The molecular formula is C35H51FN2O6. The molecule has 1 heterocycles. The lowest BCUT2D eigenvalue weighted by Gasteiger charge is -2.26. The highest BCUT2D eigenvalue weighted by atomic mass is 19.1. The van der Waals surface area contributed by atoms with Gasteiger partial charge in [-0.3, -0.25) is 0 Å². The zero-order valence-electron chi connectivity index (χ0n) is 27.5. The maximum atomic E-state index is 13.1. The normalized spacial score (nSPS) is 17.9. The summed E-state index contributed by atoms with van der Waals surface area (Å²) in [6, 6.07) is 0. The van der Waals surface area contributed by atoms with Gasteiger partial charge in [0.2, 0.25) is 0 Å². The Balaban J connectivity index is 0.00000904. The van der Waals surface area contributed by atoms with Crippen molar-refractivity contribution in [1.82, 2.24) is 9.80 Å². The SMILES string of the molecule is C=C/C=C\C(=C/CN1CC(C)(CCN(C)CC(=C/C(=C)OCC)/C=C(\CC(/C=C\C(=C)F)=C/C)OC)OC1=O)C(=O)O.CC. The van der Waals surface area contributed by atoms with E-state index in [0.717, 1.165) is 11.1 Å². The van der Waals surface area contributed by atoms with E-state index in [1.54, 1.807) is 13.2 Å². The van der Waals surface area contributed by atoms with Crippen LogP contribution >= 0.6 is 0 Å². The van der Waals surface area contributed by atoms with Crippen LogP contribution in [0, 0.1) is 0 Å². The van der Waals surface area contributed by atoms with E-state index in [1.165, 1.54) is 35.3 Å². The summed E-state index contributed by atoms with van der Waals surface area (Å²) in [5, 5.41) is 9.37. The first kappa shape index (κ1) is 39.9. The summed E-state index contributed by atoms with van der Waals surface area (Å²) in [6.07, 6.45) is 15.0. The summed E-state index contributed by atoms with van der Waals surface area (Å²) in [7, 11) is 3.54. The monoisotopic (exact) mass is 614 g/mol. The van der Waals surface area contributed by atoms with E-state index in [9.17, 15) is 19.1 Å². The van der Waals surface area contributed by atoms with Crippen molar-refractivity contribution < 1.29 is 33.3 Å². The largest absolute Gasteiger partial charge is 0.501 e. The fourth-order valence-corrected chi connectivity index (χ4v) is 4.08. The Labute approximate surface area is 263 Å². The van der Waals surface area contributed by atoms with Crippen LogP contribution in [-0.4, -0.2) is 79.5 Å². The summed E-state index contributed by atoms with van der Waals surface area (Å²) < 4.78 is 30.0. The van der Waals surface area contributed by atoms with Crippen molar-refractivity contribution in [1.29, 1.82) is 0 Å². The fourth-order valence-electron chi connectivity index (χ4n) is 4.08. The Hall–Kier alpha value is -4.11. The molecule has 0 bridgehead atoms. The molecule has 8 nitrogen and oxygen atoms in total. The van der Waals surface area contributed by atoms with Crippen molar-refractivity contribution in [3.63, 3.8) is 0 Å². The summed E-state index contributed by atoms with van der Waals surface area (Å²) in [5.41, 5.74) is 1.08. The molecule has 44 heavy (non-hydrogen) atoms. The number of methoxy groups -OCH3 is 1. The highest BCUT2D eigenvalue weighted by molar-refractivity contribution is 5.90. The highest BCUT2D eigenvalue weighted by Gasteiger charge is 2.40. The molecule has 1 amide bonds. The molecule has 0 saturated carbocycles. The van der Waals surface area contributed by atoms with Gasteiger partial charge < -0.3 is 29.1 Å². The molecule has 0 aromatic carbocycles. The minimum Gasteiger partial charge on any atom is -0.501 e. The summed E-state index contributed by atoms with van der Waals surface area (Å²) in [5.74, 6) is -0.433. The Kier molecular flexibility index (Phi) is 19.5. The molecule has 0 spiro atoms. The van der Waals surface area contributed by atoms with Crippen molar-refractivity contribution in [2.75, 3.05) is 46.9 Å². The molecule has 1 N–H and O–H groups in total. The van der Waals surface area contributed by atoms with Crippen molar-refractivity contribution in [2.45, 2.75) is 53.1 Å². The average Bonchev–Trinajstić information content (AvgIpc) is 3.27. The van der Waals surface area contributed by atoms with Crippen LogP contribution < -0.4 is 0 Å². The van der Waals surface area contributed by atoms with Gasteiger partial charge in [-0.1, -0.05) is 64.0 Å². The number of ether oxygens (including phenoxy) is 3. The molecule has 0 radical (unpaired) electrons. The lowest BCUT2D eigenvalue weighted by atomic mass is 10.0. The second kappa shape index (κ2) is 21.6. The highest BCUT2D eigenvalue weighted by Crippen LogP contribution is 2.26. The number of carboxylic acid groups (broad SMARTS) is 1. The molecule has 0 aromatic heterocycles. The van der Waals surface area contributed by atoms with Crippen LogP contribution in [0.1, 0.15) is 47.5 Å². The van der Waals surface area contributed by atoms with E-state index in [1.807, 2.05) is 59.9 Å². The zero-order valence-corrected chi connectivity index (χ0v) is 27.5. The fraction of sp³-hybridized carbons (Fsp3) is 0.429.